The number of aromatic carboxylic acids is 1. The third-order valence-corrected chi connectivity index (χ3v) is 3.73. The molecule has 146 valence electrons. The SMILES string of the molecule is CCOC(=O)C(=NNc1cccc(-c2cccc(C(=O)O)c2)c1OC)C(C)=O. The number of nitrogens with one attached hydrogen (secondary N) is 1. The number of esters is 1. The topological polar surface area (TPSA) is 114 Å². The molecule has 8 nitrogen and oxygen atoms in total. The van der Waals surface area contributed by atoms with Crippen LogP contribution in [0.15, 0.2) is 47.6 Å². The normalized spacial score (nSPS) is 10.9. The van der Waals surface area contributed by atoms with Crippen LogP contribution in [-0.2, 0) is 14.3 Å². The Labute approximate surface area is 161 Å². The molecule has 0 aromatic heterocycles. The molecule has 0 spiro atoms. The van der Waals surface area contributed by atoms with Gasteiger partial charge >= 0.3 is 11.9 Å². The van der Waals surface area contributed by atoms with E-state index in [-0.39, 0.29) is 17.9 Å². The van der Waals surface area contributed by atoms with Crippen LogP contribution in [-0.4, -0.2) is 42.3 Å². The number of ether oxygens (including phenoxy) is 2. The number of anilines is 1. The van der Waals surface area contributed by atoms with Crippen LogP contribution in [0.5, 0.6) is 5.75 Å². The van der Waals surface area contributed by atoms with Crippen LogP contribution < -0.4 is 10.2 Å². The van der Waals surface area contributed by atoms with Crippen molar-refractivity contribution in [1.29, 1.82) is 0 Å². The third kappa shape index (κ3) is 4.73. The number of carboxylic acid groups (broad SMARTS) is 1. The lowest BCUT2D eigenvalue weighted by molar-refractivity contribution is -0.135. The van der Waals surface area contributed by atoms with E-state index in [1.807, 2.05) is 0 Å². The summed E-state index contributed by atoms with van der Waals surface area (Å²) in [6.45, 7) is 2.95. The van der Waals surface area contributed by atoms with Gasteiger partial charge in [0, 0.05) is 12.5 Å². The quantitative estimate of drug-likeness (QED) is 0.311. The number of rotatable bonds is 8. The minimum absolute atomic E-state index is 0.115. The molecule has 0 saturated heterocycles. The minimum Gasteiger partial charge on any atom is -0.494 e. The molecule has 0 amide bonds. The van der Waals surface area contributed by atoms with Crippen LogP contribution >= 0.6 is 0 Å². The van der Waals surface area contributed by atoms with Gasteiger partial charge in [-0.2, -0.15) is 5.10 Å². The molecule has 0 unspecified atom stereocenters. The minimum atomic E-state index is -1.04. The molecule has 0 radical (unpaired) electrons. The Morgan fingerprint density at radius 2 is 1.86 bits per heavy atom. The summed E-state index contributed by atoms with van der Waals surface area (Å²) in [7, 11) is 1.45. The largest absolute Gasteiger partial charge is 0.494 e. The second kappa shape index (κ2) is 9.31. The van der Waals surface area contributed by atoms with E-state index in [0.29, 0.717) is 22.6 Å². The van der Waals surface area contributed by atoms with Crippen LogP contribution in [0.2, 0.25) is 0 Å². The molecule has 2 rings (SSSR count). The van der Waals surface area contributed by atoms with Crippen molar-refractivity contribution in [2.24, 2.45) is 5.10 Å². The Morgan fingerprint density at radius 1 is 1.14 bits per heavy atom. The number of hydrogen-bond acceptors (Lipinski definition) is 7. The lowest BCUT2D eigenvalue weighted by atomic mass is 10.0. The Kier molecular flexibility index (Phi) is 6.86. The van der Waals surface area contributed by atoms with E-state index in [1.165, 1.54) is 26.2 Å². The first kappa shape index (κ1) is 20.6. The molecule has 0 aliphatic rings. The van der Waals surface area contributed by atoms with Crippen LogP contribution in [0.1, 0.15) is 24.2 Å². The van der Waals surface area contributed by atoms with Crippen molar-refractivity contribution in [3.8, 4) is 16.9 Å². The number of carbonyl (C=O) groups excluding carboxylic acids is 2. The fraction of sp³-hybridized carbons (Fsp3) is 0.200. The summed E-state index contributed by atoms with van der Waals surface area (Å²) < 4.78 is 10.3. The highest BCUT2D eigenvalue weighted by Gasteiger charge is 2.19. The van der Waals surface area contributed by atoms with Crippen LogP contribution in [0.4, 0.5) is 5.69 Å². The van der Waals surface area contributed by atoms with Gasteiger partial charge in [0.25, 0.3) is 0 Å². The van der Waals surface area contributed by atoms with Crippen LogP contribution in [0.25, 0.3) is 11.1 Å². The molecule has 2 aromatic rings. The molecular weight excluding hydrogens is 364 g/mol. The van der Waals surface area contributed by atoms with Gasteiger partial charge in [0.1, 0.15) is 0 Å². The number of Topliss-reactive ketones (excluding diaryl/α,β-unsaturated/α-hetero) is 1. The monoisotopic (exact) mass is 384 g/mol. The molecule has 0 fully saturated rings. The number of hydrogen-bond donors (Lipinski definition) is 2. The van der Waals surface area contributed by atoms with Gasteiger partial charge in [0.15, 0.2) is 11.5 Å². The van der Waals surface area contributed by atoms with E-state index >= 15 is 0 Å². The van der Waals surface area contributed by atoms with E-state index in [4.69, 9.17) is 9.47 Å². The first-order valence-electron chi connectivity index (χ1n) is 8.41. The van der Waals surface area contributed by atoms with Gasteiger partial charge in [-0.3, -0.25) is 10.2 Å². The summed E-state index contributed by atoms with van der Waals surface area (Å²) in [6, 6.07) is 11.5. The van der Waals surface area contributed by atoms with E-state index < -0.39 is 17.7 Å². The average molecular weight is 384 g/mol. The number of hydrazone groups is 1. The zero-order valence-corrected chi connectivity index (χ0v) is 15.7. The fourth-order valence-corrected chi connectivity index (χ4v) is 2.48. The van der Waals surface area contributed by atoms with E-state index in [1.54, 1.807) is 37.3 Å². The van der Waals surface area contributed by atoms with Crippen molar-refractivity contribution in [3.05, 3.63) is 48.0 Å². The van der Waals surface area contributed by atoms with Crippen molar-refractivity contribution < 1.29 is 29.0 Å². The fourth-order valence-electron chi connectivity index (χ4n) is 2.48. The number of nitrogens with zero attached hydrogens (tertiary/aromatic N) is 1. The highest BCUT2D eigenvalue weighted by Crippen LogP contribution is 2.36. The summed E-state index contributed by atoms with van der Waals surface area (Å²) in [6.07, 6.45) is 0. The second-order valence-corrected chi connectivity index (χ2v) is 5.62. The lowest BCUT2D eigenvalue weighted by Gasteiger charge is -2.14. The van der Waals surface area contributed by atoms with E-state index in [9.17, 15) is 19.5 Å². The second-order valence-electron chi connectivity index (χ2n) is 5.62. The molecule has 0 aliphatic heterocycles. The van der Waals surface area contributed by atoms with Gasteiger partial charge in [-0.1, -0.05) is 24.3 Å². The molecular formula is C20H20N2O6. The maximum Gasteiger partial charge on any atom is 0.362 e. The molecule has 2 N–H and O–H groups in total. The standard InChI is InChI=1S/C20H20N2O6/c1-4-28-20(26)17(12(2)23)22-21-16-10-6-9-15(18(16)27-3)13-7-5-8-14(11-13)19(24)25/h5-11,21H,4H2,1-3H3,(H,24,25). The lowest BCUT2D eigenvalue weighted by Crippen LogP contribution is -2.25. The average Bonchev–Trinajstić information content (AvgIpc) is 2.67. The first-order chi connectivity index (χ1) is 13.4. The number of methoxy groups -OCH3 is 1. The zero-order valence-electron chi connectivity index (χ0n) is 15.7. The molecule has 0 bridgehead atoms. The van der Waals surface area contributed by atoms with Gasteiger partial charge in [-0.25, -0.2) is 9.59 Å². The third-order valence-electron chi connectivity index (χ3n) is 3.73. The van der Waals surface area contributed by atoms with Gasteiger partial charge < -0.3 is 14.6 Å². The van der Waals surface area contributed by atoms with Crippen molar-refractivity contribution in [2.45, 2.75) is 13.8 Å². The summed E-state index contributed by atoms with van der Waals surface area (Å²) >= 11 is 0. The number of para-hydroxylation sites is 1. The maximum absolute atomic E-state index is 11.8. The smallest absolute Gasteiger partial charge is 0.362 e. The number of carbonyl (C=O) groups is 3. The predicted octanol–water partition coefficient (Wildman–Crippen LogP) is 2.98. The highest BCUT2D eigenvalue weighted by atomic mass is 16.5. The molecule has 0 saturated carbocycles. The predicted molar refractivity (Wildman–Crippen MR) is 104 cm³/mol. The number of carboxylic acids is 1. The van der Waals surface area contributed by atoms with Gasteiger partial charge in [-0.05, 0) is 30.7 Å². The van der Waals surface area contributed by atoms with Gasteiger partial charge in [-0.15, -0.1) is 0 Å². The van der Waals surface area contributed by atoms with Crippen LogP contribution in [0.3, 0.4) is 0 Å². The molecule has 8 heteroatoms. The summed E-state index contributed by atoms with van der Waals surface area (Å²) in [5.74, 6) is -2.04. The zero-order chi connectivity index (χ0) is 20.7. The Hall–Kier alpha value is -3.68. The van der Waals surface area contributed by atoms with Crippen molar-refractivity contribution in [2.75, 3.05) is 19.1 Å². The number of ketones is 1. The maximum atomic E-state index is 11.8. The molecule has 0 heterocycles. The molecule has 0 aliphatic carbocycles. The van der Waals surface area contributed by atoms with Gasteiger partial charge in [0.05, 0.1) is 25.0 Å². The Bertz CT molecular complexity index is 936. The van der Waals surface area contributed by atoms with Crippen LogP contribution in [0, 0.1) is 0 Å². The van der Waals surface area contributed by atoms with E-state index in [2.05, 4.69) is 10.5 Å². The molecule has 2 aromatic carbocycles. The van der Waals surface area contributed by atoms with Crippen molar-refractivity contribution in [1.82, 2.24) is 0 Å². The highest BCUT2D eigenvalue weighted by molar-refractivity contribution is 6.64. The summed E-state index contributed by atoms with van der Waals surface area (Å²) in [4.78, 5) is 34.7. The van der Waals surface area contributed by atoms with E-state index in [0.717, 1.165) is 0 Å². The number of benzene rings is 2. The summed E-state index contributed by atoms with van der Waals surface area (Å²) in [5, 5.41) is 13.1. The summed E-state index contributed by atoms with van der Waals surface area (Å²) in [5.41, 5.74) is 4.06. The first-order valence-corrected chi connectivity index (χ1v) is 8.41. The Morgan fingerprint density at radius 3 is 2.46 bits per heavy atom. The Balaban J connectivity index is 2.45. The molecule has 28 heavy (non-hydrogen) atoms. The molecule has 0 atom stereocenters. The van der Waals surface area contributed by atoms with Gasteiger partial charge in [0.2, 0.25) is 5.71 Å². The van der Waals surface area contributed by atoms with Crippen molar-refractivity contribution >= 4 is 29.1 Å². The van der Waals surface area contributed by atoms with Crippen molar-refractivity contribution in [3.63, 3.8) is 0 Å².